The monoisotopic (exact) mass is 296 g/mol. The summed E-state index contributed by atoms with van der Waals surface area (Å²) in [4.78, 5) is 20.6. The van der Waals surface area contributed by atoms with E-state index in [9.17, 15) is 4.79 Å². The third kappa shape index (κ3) is 2.52. The summed E-state index contributed by atoms with van der Waals surface area (Å²) in [5, 5.41) is 0.322. The topological polar surface area (TPSA) is 42.9 Å². The third-order valence-corrected chi connectivity index (χ3v) is 3.68. The standard InChI is InChI=1S/C17H13ClN2O/c1-2-11-5-3-7-13-14(17(18)21)9-15(20-16(11)13)12-6-4-8-19-10-12/h3-10H,2H2,1H3. The lowest BCUT2D eigenvalue weighted by atomic mass is 10.0. The summed E-state index contributed by atoms with van der Waals surface area (Å²) < 4.78 is 0. The number of hydrogen-bond acceptors (Lipinski definition) is 3. The Morgan fingerprint density at radius 1 is 1.24 bits per heavy atom. The van der Waals surface area contributed by atoms with Crippen LogP contribution in [0.1, 0.15) is 22.8 Å². The van der Waals surface area contributed by atoms with Gasteiger partial charge < -0.3 is 0 Å². The first-order chi connectivity index (χ1) is 10.2. The molecule has 2 aromatic heterocycles. The molecule has 0 amide bonds. The minimum atomic E-state index is -0.471. The van der Waals surface area contributed by atoms with E-state index in [1.165, 1.54) is 0 Å². The van der Waals surface area contributed by atoms with E-state index in [0.717, 1.165) is 28.5 Å². The number of halogens is 1. The summed E-state index contributed by atoms with van der Waals surface area (Å²) >= 11 is 5.75. The van der Waals surface area contributed by atoms with E-state index in [4.69, 9.17) is 16.6 Å². The molecule has 0 aliphatic heterocycles. The van der Waals surface area contributed by atoms with Crippen LogP contribution in [-0.4, -0.2) is 15.2 Å². The van der Waals surface area contributed by atoms with E-state index >= 15 is 0 Å². The van der Waals surface area contributed by atoms with Gasteiger partial charge in [0.2, 0.25) is 0 Å². The SMILES string of the molecule is CCc1cccc2c(C(=O)Cl)cc(-c3cccnc3)nc12. The van der Waals surface area contributed by atoms with Crippen LogP contribution < -0.4 is 0 Å². The van der Waals surface area contributed by atoms with Gasteiger partial charge in [-0.2, -0.15) is 0 Å². The average molecular weight is 297 g/mol. The Morgan fingerprint density at radius 2 is 2.10 bits per heavy atom. The van der Waals surface area contributed by atoms with Crippen LogP contribution >= 0.6 is 11.6 Å². The van der Waals surface area contributed by atoms with Gasteiger partial charge in [-0.1, -0.05) is 25.1 Å². The Kier molecular flexibility index (Phi) is 3.67. The number of benzene rings is 1. The van der Waals surface area contributed by atoms with E-state index in [1.807, 2.05) is 30.3 Å². The number of aryl methyl sites for hydroxylation is 1. The van der Waals surface area contributed by atoms with Crippen molar-refractivity contribution in [2.75, 3.05) is 0 Å². The van der Waals surface area contributed by atoms with Gasteiger partial charge >= 0.3 is 0 Å². The lowest BCUT2D eigenvalue weighted by Crippen LogP contribution is -1.98. The smallest absolute Gasteiger partial charge is 0.253 e. The van der Waals surface area contributed by atoms with Gasteiger partial charge in [0.25, 0.3) is 5.24 Å². The highest BCUT2D eigenvalue weighted by molar-refractivity contribution is 6.68. The van der Waals surface area contributed by atoms with Gasteiger partial charge in [0.05, 0.1) is 11.2 Å². The Labute approximate surface area is 127 Å². The minimum Gasteiger partial charge on any atom is -0.276 e. The highest BCUT2D eigenvalue weighted by Gasteiger charge is 2.14. The average Bonchev–Trinajstić information content (AvgIpc) is 2.53. The van der Waals surface area contributed by atoms with Crippen LogP contribution in [0.15, 0.2) is 48.8 Å². The minimum absolute atomic E-state index is 0.471. The van der Waals surface area contributed by atoms with Crippen LogP contribution in [0.25, 0.3) is 22.2 Å². The molecule has 104 valence electrons. The lowest BCUT2D eigenvalue weighted by Gasteiger charge is -2.09. The largest absolute Gasteiger partial charge is 0.276 e. The van der Waals surface area contributed by atoms with Crippen molar-refractivity contribution >= 4 is 27.7 Å². The third-order valence-electron chi connectivity index (χ3n) is 3.47. The molecule has 4 heteroatoms. The molecule has 0 saturated carbocycles. The predicted molar refractivity (Wildman–Crippen MR) is 84.5 cm³/mol. The number of rotatable bonds is 3. The van der Waals surface area contributed by atoms with Crippen molar-refractivity contribution in [2.45, 2.75) is 13.3 Å². The molecule has 0 saturated heterocycles. The summed E-state index contributed by atoms with van der Waals surface area (Å²) in [5.41, 5.74) is 3.98. The number of aromatic nitrogens is 2. The molecule has 3 aromatic rings. The van der Waals surface area contributed by atoms with E-state index in [0.29, 0.717) is 11.3 Å². The van der Waals surface area contributed by atoms with Crippen LogP contribution in [0.5, 0.6) is 0 Å². The Bertz CT molecular complexity index is 816. The highest BCUT2D eigenvalue weighted by atomic mass is 35.5. The van der Waals surface area contributed by atoms with Crippen molar-refractivity contribution in [1.82, 2.24) is 9.97 Å². The van der Waals surface area contributed by atoms with Crippen molar-refractivity contribution in [3.8, 4) is 11.3 Å². The van der Waals surface area contributed by atoms with E-state index < -0.39 is 5.24 Å². The van der Waals surface area contributed by atoms with Crippen LogP contribution in [-0.2, 0) is 6.42 Å². The van der Waals surface area contributed by atoms with Gasteiger partial charge in [0.1, 0.15) is 0 Å². The fraction of sp³-hybridized carbons (Fsp3) is 0.118. The van der Waals surface area contributed by atoms with Crippen LogP contribution in [0.4, 0.5) is 0 Å². The molecule has 0 N–H and O–H groups in total. The first-order valence-electron chi connectivity index (χ1n) is 6.73. The fourth-order valence-corrected chi connectivity index (χ4v) is 2.57. The molecule has 0 aliphatic rings. The molecule has 0 fully saturated rings. The summed E-state index contributed by atoms with van der Waals surface area (Å²) in [7, 11) is 0. The van der Waals surface area contributed by atoms with Gasteiger partial charge in [0.15, 0.2) is 0 Å². The molecule has 0 bridgehead atoms. The van der Waals surface area contributed by atoms with Crippen LogP contribution in [0, 0.1) is 0 Å². The molecule has 3 rings (SSSR count). The van der Waals surface area contributed by atoms with Crippen molar-refractivity contribution < 1.29 is 4.79 Å². The zero-order valence-corrected chi connectivity index (χ0v) is 12.3. The molecular weight excluding hydrogens is 284 g/mol. The molecule has 0 spiro atoms. The zero-order valence-electron chi connectivity index (χ0n) is 11.5. The predicted octanol–water partition coefficient (Wildman–Crippen LogP) is 4.24. The number of carbonyl (C=O) groups is 1. The molecule has 1 aromatic carbocycles. The quantitative estimate of drug-likeness (QED) is 0.679. The zero-order chi connectivity index (χ0) is 14.8. The normalized spacial score (nSPS) is 10.8. The Morgan fingerprint density at radius 3 is 2.76 bits per heavy atom. The van der Waals surface area contributed by atoms with E-state index in [2.05, 4.69) is 11.9 Å². The van der Waals surface area contributed by atoms with Gasteiger partial charge in [-0.25, -0.2) is 4.98 Å². The summed E-state index contributed by atoms with van der Waals surface area (Å²) in [5.74, 6) is 0. The number of carbonyl (C=O) groups excluding carboxylic acids is 1. The maximum Gasteiger partial charge on any atom is 0.253 e. The van der Waals surface area contributed by atoms with Gasteiger partial charge in [-0.3, -0.25) is 9.78 Å². The van der Waals surface area contributed by atoms with E-state index in [1.54, 1.807) is 18.5 Å². The fourth-order valence-electron chi connectivity index (χ4n) is 2.42. The number of para-hydroxylation sites is 1. The summed E-state index contributed by atoms with van der Waals surface area (Å²) in [6.07, 6.45) is 4.28. The lowest BCUT2D eigenvalue weighted by molar-refractivity contribution is 0.108. The van der Waals surface area contributed by atoms with Crippen molar-refractivity contribution in [3.05, 3.63) is 59.9 Å². The number of fused-ring (bicyclic) bond motifs is 1. The van der Waals surface area contributed by atoms with Crippen molar-refractivity contribution in [1.29, 1.82) is 0 Å². The Hall–Kier alpha value is -2.26. The van der Waals surface area contributed by atoms with Crippen LogP contribution in [0.2, 0.25) is 0 Å². The van der Waals surface area contributed by atoms with Gasteiger partial charge in [-0.05, 0) is 41.8 Å². The second-order valence-electron chi connectivity index (χ2n) is 4.74. The molecule has 21 heavy (non-hydrogen) atoms. The van der Waals surface area contributed by atoms with Gasteiger partial charge in [-0.15, -0.1) is 0 Å². The van der Waals surface area contributed by atoms with Gasteiger partial charge in [0, 0.05) is 28.9 Å². The highest BCUT2D eigenvalue weighted by Crippen LogP contribution is 2.27. The van der Waals surface area contributed by atoms with Crippen molar-refractivity contribution in [3.63, 3.8) is 0 Å². The second-order valence-corrected chi connectivity index (χ2v) is 5.08. The molecule has 0 aliphatic carbocycles. The van der Waals surface area contributed by atoms with Crippen molar-refractivity contribution in [2.24, 2.45) is 0 Å². The first kappa shape index (κ1) is 13.7. The molecule has 0 radical (unpaired) electrons. The summed E-state index contributed by atoms with van der Waals surface area (Å²) in [6, 6.07) is 11.3. The number of pyridine rings is 2. The molecular formula is C17H13ClN2O. The molecule has 0 atom stereocenters. The maximum atomic E-state index is 11.8. The molecule has 3 nitrogen and oxygen atoms in total. The first-order valence-corrected chi connectivity index (χ1v) is 7.11. The second kappa shape index (κ2) is 5.62. The Balaban J connectivity index is 2.36. The van der Waals surface area contributed by atoms with E-state index in [-0.39, 0.29) is 0 Å². The molecule has 0 unspecified atom stereocenters. The molecule has 2 heterocycles. The summed E-state index contributed by atoms with van der Waals surface area (Å²) in [6.45, 7) is 2.06. The van der Waals surface area contributed by atoms with Crippen LogP contribution in [0.3, 0.4) is 0 Å². The number of hydrogen-bond donors (Lipinski definition) is 0. The number of nitrogens with zero attached hydrogens (tertiary/aromatic N) is 2. The maximum absolute atomic E-state index is 11.8.